The van der Waals surface area contributed by atoms with Crippen molar-refractivity contribution in [2.45, 2.75) is 26.1 Å². The number of alkyl halides is 3. The maximum atomic E-state index is 12.7. The number of amides is 2. The first-order valence-electron chi connectivity index (χ1n) is 8.90. The topological polar surface area (TPSA) is 88.3 Å². The van der Waals surface area contributed by atoms with Crippen molar-refractivity contribution < 1.29 is 27.3 Å². The van der Waals surface area contributed by atoms with E-state index >= 15 is 0 Å². The maximum Gasteiger partial charge on any atom is 0.416 e. The van der Waals surface area contributed by atoms with Gasteiger partial charge >= 0.3 is 6.18 Å². The normalized spacial score (nSPS) is 13.8. The van der Waals surface area contributed by atoms with Crippen molar-refractivity contribution in [2.75, 3.05) is 11.9 Å². The number of nitrogens with zero attached hydrogens (tertiary/aromatic N) is 3. The van der Waals surface area contributed by atoms with Gasteiger partial charge in [-0.05, 0) is 31.2 Å². The Balaban J connectivity index is 1.44. The fourth-order valence-electron chi connectivity index (χ4n) is 3.04. The average molecular weight is 436 g/mol. The molecule has 0 bridgehead atoms. The number of aromatic nitrogens is 2. The van der Waals surface area contributed by atoms with Crippen LogP contribution in [0.3, 0.4) is 0 Å². The monoisotopic (exact) mass is 436 g/mol. The maximum absolute atomic E-state index is 12.7. The van der Waals surface area contributed by atoms with Crippen LogP contribution < -0.4 is 5.32 Å². The second-order valence-electron chi connectivity index (χ2n) is 6.72. The van der Waals surface area contributed by atoms with Crippen molar-refractivity contribution >= 4 is 28.3 Å². The Morgan fingerprint density at radius 1 is 1.23 bits per heavy atom. The zero-order valence-electron chi connectivity index (χ0n) is 15.6. The van der Waals surface area contributed by atoms with E-state index in [0.717, 1.165) is 22.7 Å². The molecular weight excluding hydrogens is 421 g/mol. The number of rotatable bonds is 3. The molecule has 0 spiro atoms. The molecule has 0 fully saturated rings. The summed E-state index contributed by atoms with van der Waals surface area (Å²) in [6, 6.07) is 5.66. The highest BCUT2D eigenvalue weighted by molar-refractivity contribution is 7.15. The van der Waals surface area contributed by atoms with Gasteiger partial charge in [-0.2, -0.15) is 13.2 Å². The van der Waals surface area contributed by atoms with E-state index in [9.17, 15) is 22.8 Å². The Kier molecular flexibility index (Phi) is 5.06. The molecule has 0 unspecified atom stereocenters. The summed E-state index contributed by atoms with van der Waals surface area (Å²) >= 11 is 1.24. The van der Waals surface area contributed by atoms with Crippen LogP contribution in [0, 0.1) is 6.92 Å². The number of hydrogen-bond donors (Lipinski definition) is 1. The van der Waals surface area contributed by atoms with Crippen molar-refractivity contribution in [2.24, 2.45) is 0 Å². The van der Waals surface area contributed by atoms with Crippen molar-refractivity contribution in [1.29, 1.82) is 0 Å². The molecule has 2 amide bonds. The van der Waals surface area contributed by atoms with Gasteiger partial charge in [-0.25, -0.2) is 4.98 Å². The summed E-state index contributed by atoms with van der Waals surface area (Å²) < 4.78 is 43.0. The Morgan fingerprint density at radius 2 is 1.97 bits per heavy atom. The smallest absolute Gasteiger partial charge is 0.361 e. The molecule has 0 saturated heterocycles. The van der Waals surface area contributed by atoms with Crippen LogP contribution in [0.4, 0.5) is 18.3 Å². The van der Waals surface area contributed by atoms with Crippen molar-refractivity contribution in [1.82, 2.24) is 15.0 Å². The second-order valence-corrected chi connectivity index (χ2v) is 7.80. The second kappa shape index (κ2) is 7.56. The standard InChI is InChI=1S/C19H15F3N4O3S/c1-10-8-14(25-29-10)16(27)24-18-23-13-6-7-26(9-15(13)30-18)17(28)11-2-4-12(5-3-11)19(20,21)22/h2-5,8H,6-7,9H2,1H3,(H,23,24,27). The van der Waals surface area contributed by atoms with Gasteiger partial charge in [0.1, 0.15) is 5.76 Å². The van der Waals surface area contributed by atoms with Crippen LogP contribution in [-0.2, 0) is 19.1 Å². The minimum atomic E-state index is -4.45. The van der Waals surface area contributed by atoms with Gasteiger partial charge in [0.2, 0.25) is 0 Å². The predicted molar refractivity (Wildman–Crippen MR) is 101 cm³/mol. The first-order valence-corrected chi connectivity index (χ1v) is 9.72. The average Bonchev–Trinajstić information content (AvgIpc) is 3.31. The van der Waals surface area contributed by atoms with Crippen LogP contribution in [0.1, 0.15) is 42.7 Å². The van der Waals surface area contributed by atoms with E-state index in [-0.39, 0.29) is 23.7 Å². The van der Waals surface area contributed by atoms with Gasteiger partial charge in [-0.1, -0.05) is 16.5 Å². The van der Waals surface area contributed by atoms with Gasteiger partial charge in [0.15, 0.2) is 10.8 Å². The lowest BCUT2D eigenvalue weighted by Gasteiger charge is -2.26. The van der Waals surface area contributed by atoms with Gasteiger partial charge in [-0.15, -0.1) is 0 Å². The van der Waals surface area contributed by atoms with E-state index in [1.54, 1.807) is 11.8 Å². The lowest BCUT2D eigenvalue weighted by molar-refractivity contribution is -0.137. The van der Waals surface area contributed by atoms with Gasteiger partial charge in [0, 0.05) is 29.5 Å². The summed E-state index contributed by atoms with van der Waals surface area (Å²) in [5.41, 5.74) is 0.305. The fourth-order valence-corrected chi connectivity index (χ4v) is 4.06. The molecule has 1 aliphatic rings. The van der Waals surface area contributed by atoms with Crippen LogP contribution >= 0.6 is 11.3 Å². The van der Waals surface area contributed by atoms with Crippen molar-refractivity contribution in [3.05, 3.63) is 63.5 Å². The minimum Gasteiger partial charge on any atom is -0.361 e. The number of nitrogens with one attached hydrogen (secondary N) is 1. The third-order valence-electron chi connectivity index (χ3n) is 4.56. The fraction of sp³-hybridized carbons (Fsp3) is 0.263. The lowest BCUT2D eigenvalue weighted by atomic mass is 10.1. The number of hydrogen-bond acceptors (Lipinski definition) is 6. The first-order chi connectivity index (χ1) is 14.2. The zero-order valence-corrected chi connectivity index (χ0v) is 16.4. The SMILES string of the molecule is Cc1cc(C(=O)Nc2nc3c(s2)CN(C(=O)c2ccc(C(F)(F)F)cc2)CC3)no1. The molecule has 0 atom stereocenters. The molecule has 1 N–H and O–H groups in total. The minimum absolute atomic E-state index is 0.139. The quantitative estimate of drug-likeness (QED) is 0.673. The summed E-state index contributed by atoms with van der Waals surface area (Å²) in [5, 5.41) is 6.70. The van der Waals surface area contributed by atoms with E-state index in [1.807, 2.05) is 0 Å². The number of aryl methyl sites for hydroxylation is 1. The molecule has 0 aliphatic carbocycles. The number of carbonyl (C=O) groups excluding carboxylic acids is 2. The number of carbonyl (C=O) groups is 2. The van der Waals surface area contributed by atoms with Gasteiger partial charge in [-0.3, -0.25) is 14.9 Å². The molecule has 156 valence electrons. The van der Waals surface area contributed by atoms with Crippen LogP contribution in [0.15, 0.2) is 34.9 Å². The van der Waals surface area contributed by atoms with Gasteiger partial charge in [0.25, 0.3) is 11.8 Å². The molecule has 3 aromatic rings. The van der Waals surface area contributed by atoms with Crippen LogP contribution in [0.2, 0.25) is 0 Å². The van der Waals surface area contributed by atoms with Crippen LogP contribution in [0.5, 0.6) is 0 Å². The van der Waals surface area contributed by atoms with Crippen LogP contribution in [0.25, 0.3) is 0 Å². The lowest BCUT2D eigenvalue weighted by Crippen LogP contribution is -2.35. The highest BCUT2D eigenvalue weighted by atomic mass is 32.1. The summed E-state index contributed by atoms with van der Waals surface area (Å²) in [6.07, 6.45) is -3.97. The van der Waals surface area contributed by atoms with Gasteiger partial charge in [0.05, 0.1) is 17.8 Å². The molecule has 0 radical (unpaired) electrons. The molecule has 1 aromatic carbocycles. The zero-order chi connectivity index (χ0) is 21.5. The molecule has 30 heavy (non-hydrogen) atoms. The Bertz CT molecular complexity index is 1110. The van der Waals surface area contributed by atoms with Crippen molar-refractivity contribution in [3.63, 3.8) is 0 Å². The Hall–Kier alpha value is -3.21. The van der Waals surface area contributed by atoms with Crippen LogP contribution in [-0.4, -0.2) is 33.4 Å². The number of thiazole rings is 1. The molecular formula is C19H15F3N4O3S. The first kappa shape index (κ1) is 20.1. The largest absolute Gasteiger partial charge is 0.416 e. The highest BCUT2D eigenvalue weighted by Crippen LogP contribution is 2.31. The molecule has 4 rings (SSSR count). The Labute approximate surface area is 172 Å². The summed E-state index contributed by atoms with van der Waals surface area (Å²) in [4.78, 5) is 31.6. The molecule has 1 aliphatic heterocycles. The third-order valence-corrected chi connectivity index (χ3v) is 5.56. The molecule has 2 aromatic heterocycles. The highest BCUT2D eigenvalue weighted by Gasteiger charge is 2.31. The molecule has 3 heterocycles. The predicted octanol–water partition coefficient (Wildman–Crippen LogP) is 3.91. The van der Waals surface area contributed by atoms with E-state index in [0.29, 0.717) is 23.9 Å². The third kappa shape index (κ3) is 4.06. The summed E-state index contributed by atoms with van der Waals surface area (Å²) in [6.45, 7) is 2.33. The Morgan fingerprint density at radius 3 is 2.60 bits per heavy atom. The van der Waals surface area contributed by atoms with E-state index < -0.39 is 17.6 Å². The number of fused-ring (bicyclic) bond motifs is 1. The van der Waals surface area contributed by atoms with E-state index in [4.69, 9.17) is 4.52 Å². The molecule has 0 saturated carbocycles. The summed E-state index contributed by atoms with van der Waals surface area (Å²) in [5.74, 6) is -0.293. The van der Waals surface area contributed by atoms with Gasteiger partial charge < -0.3 is 9.42 Å². The van der Waals surface area contributed by atoms with Crippen molar-refractivity contribution in [3.8, 4) is 0 Å². The molecule has 11 heteroatoms. The summed E-state index contributed by atoms with van der Waals surface area (Å²) in [7, 11) is 0. The van der Waals surface area contributed by atoms with E-state index in [1.165, 1.54) is 29.5 Å². The number of benzene rings is 1. The molecule has 7 nitrogen and oxygen atoms in total. The number of anilines is 1. The van der Waals surface area contributed by atoms with E-state index in [2.05, 4.69) is 15.5 Å². The number of halogens is 3.